The second-order valence-electron chi connectivity index (χ2n) is 4.62. The zero-order valence-corrected chi connectivity index (χ0v) is 13.7. The maximum atomic E-state index is 11.7. The van der Waals surface area contributed by atoms with Gasteiger partial charge in [-0.3, -0.25) is 14.6 Å². The van der Waals surface area contributed by atoms with E-state index in [4.69, 9.17) is 9.47 Å². The number of nitrogens with zero attached hydrogens (tertiary/aromatic N) is 1. The van der Waals surface area contributed by atoms with Crippen LogP contribution in [-0.4, -0.2) is 23.9 Å². The molecule has 1 aliphatic heterocycles. The van der Waals surface area contributed by atoms with E-state index < -0.39 is 23.6 Å². The van der Waals surface area contributed by atoms with Gasteiger partial charge in [0.25, 0.3) is 5.79 Å². The van der Waals surface area contributed by atoms with Gasteiger partial charge in [0.05, 0.1) is 5.70 Å². The molecule has 6 heteroatoms. The van der Waals surface area contributed by atoms with Crippen molar-refractivity contribution in [2.24, 2.45) is 10.9 Å². The Hall–Kier alpha value is -1.44. The Balaban J connectivity index is 2.87. The molecule has 0 aromatic carbocycles. The normalized spacial score (nSPS) is 20.8. The van der Waals surface area contributed by atoms with Crippen LogP contribution in [-0.2, 0) is 19.1 Å². The summed E-state index contributed by atoms with van der Waals surface area (Å²) in [6.45, 7) is 8.51. The summed E-state index contributed by atoms with van der Waals surface area (Å²) in [4.78, 5) is 27.6. The van der Waals surface area contributed by atoms with Crippen LogP contribution in [0.5, 0.6) is 0 Å². The lowest BCUT2D eigenvalue weighted by atomic mass is 10.1. The topological polar surface area (TPSA) is 65.0 Å². The quantitative estimate of drug-likeness (QED) is 0.244. The summed E-state index contributed by atoms with van der Waals surface area (Å²) in [7, 11) is 0. The predicted octanol–water partition coefficient (Wildman–Crippen LogP) is 2.92. The highest BCUT2D eigenvalue weighted by molar-refractivity contribution is 14.1. The molecule has 0 radical (unpaired) electrons. The zero-order chi connectivity index (χ0) is 15.3. The lowest BCUT2D eigenvalue weighted by Gasteiger charge is -2.31. The van der Waals surface area contributed by atoms with Crippen molar-refractivity contribution in [1.82, 2.24) is 0 Å². The minimum atomic E-state index is -1.22. The fourth-order valence-electron chi connectivity index (χ4n) is 1.40. The van der Waals surface area contributed by atoms with Gasteiger partial charge in [-0.25, -0.2) is 0 Å². The van der Waals surface area contributed by atoms with Crippen molar-refractivity contribution in [3.8, 4) is 0 Å². The summed E-state index contributed by atoms with van der Waals surface area (Å²) in [6, 6.07) is 0. The molecular formula is C14H16INO4. The maximum absolute atomic E-state index is 11.7. The molecule has 20 heavy (non-hydrogen) atoms. The predicted molar refractivity (Wildman–Crippen MR) is 84.3 cm³/mol. The van der Waals surface area contributed by atoms with Crippen LogP contribution in [0.2, 0.25) is 0 Å². The molecule has 0 spiro atoms. The van der Waals surface area contributed by atoms with E-state index in [9.17, 15) is 9.59 Å². The van der Waals surface area contributed by atoms with Gasteiger partial charge in [0.2, 0.25) is 0 Å². The summed E-state index contributed by atoms with van der Waals surface area (Å²) in [5.74, 6) is -3.67. The highest BCUT2D eigenvalue weighted by Crippen LogP contribution is 2.22. The first kappa shape index (κ1) is 16.6. The highest BCUT2D eigenvalue weighted by Gasteiger charge is 2.42. The number of rotatable bonds is 4. The number of hydrogen-bond donors (Lipinski definition) is 0. The number of ether oxygens (including phenoxy) is 2. The van der Waals surface area contributed by atoms with Crippen LogP contribution < -0.4 is 0 Å². The van der Waals surface area contributed by atoms with Gasteiger partial charge in [0.1, 0.15) is 0 Å². The van der Waals surface area contributed by atoms with Gasteiger partial charge in [0, 0.05) is 24.1 Å². The smallest absolute Gasteiger partial charge is 0.329 e. The van der Waals surface area contributed by atoms with Crippen molar-refractivity contribution in [2.75, 3.05) is 0 Å². The number of hydrogen-bond acceptors (Lipinski definition) is 5. The van der Waals surface area contributed by atoms with E-state index in [2.05, 4.69) is 11.6 Å². The average Bonchev–Trinajstić information content (AvgIpc) is 2.34. The van der Waals surface area contributed by atoms with Crippen LogP contribution in [0.25, 0.3) is 0 Å². The van der Waals surface area contributed by atoms with Crippen molar-refractivity contribution in [3.05, 3.63) is 34.1 Å². The first-order valence-corrected chi connectivity index (χ1v) is 7.14. The summed E-state index contributed by atoms with van der Waals surface area (Å²) >= 11 is 2.02. The van der Waals surface area contributed by atoms with E-state index >= 15 is 0 Å². The molecule has 1 saturated heterocycles. The van der Waals surface area contributed by atoms with Crippen LogP contribution in [0.4, 0.5) is 0 Å². The minimum Gasteiger partial charge on any atom is -0.422 e. The molecular weight excluding hydrogens is 373 g/mol. The first-order chi connectivity index (χ1) is 9.29. The van der Waals surface area contributed by atoms with Crippen molar-refractivity contribution in [2.45, 2.75) is 26.6 Å². The fraction of sp³-hybridized carbons (Fsp3) is 0.357. The molecule has 1 heterocycles. The molecule has 5 nitrogen and oxygen atoms in total. The molecule has 1 rings (SSSR count). The number of carbonyl (C=O) groups excluding carboxylic acids is 2. The number of esters is 2. The van der Waals surface area contributed by atoms with Crippen LogP contribution in [0.3, 0.4) is 0 Å². The number of cyclic esters (lactones) is 2. The van der Waals surface area contributed by atoms with E-state index in [1.165, 1.54) is 20.1 Å². The standard InChI is InChI=1S/C14H16INO4/c1-5-9(2)6-10(7-15)16-8-11-12(17)19-14(3,4)20-13(11)18/h5-8,11H,1H2,2-4H3/b9-6-,10-7+,16-8+. The lowest BCUT2D eigenvalue weighted by molar-refractivity contribution is -0.235. The Morgan fingerprint density at radius 2 is 1.90 bits per heavy atom. The van der Waals surface area contributed by atoms with E-state index in [-0.39, 0.29) is 0 Å². The van der Waals surface area contributed by atoms with Gasteiger partial charge in [-0.15, -0.1) is 0 Å². The van der Waals surface area contributed by atoms with Crippen LogP contribution >= 0.6 is 22.6 Å². The molecule has 0 aromatic heterocycles. The highest BCUT2D eigenvalue weighted by atomic mass is 127. The van der Waals surface area contributed by atoms with Gasteiger partial charge in [-0.1, -0.05) is 35.2 Å². The van der Waals surface area contributed by atoms with E-state index in [1.807, 2.05) is 29.5 Å². The van der Waals surface area contributed by atoms with E-state index in [0.717, 1.165) is 5.57 Å². The molecule has 0 saturated carbocycles. The molecule has 1 fully saturated rings. The zero-order valence-electron chi connectivity index (χ0n) is 11.6. The van der Waals surface area contributed by atoms with Gasteiger partial charge in [-0.05, 0) is 18.6 Å². The Bertz CT molecular complexity index is 497. The second kappa shape index (κ2) is 6.83. The first-order valence-electron chi connectivity index (χ1n) is 5.90. The number of allylic oxidation sites excluding steroid dienone is 3. The third-order valence-electron chi connectivity index (χ3n) is 2.38. The molecule has 108 valence electrons. The third-order valence-corrected chi connectivity index (χ3v) is 3.02. The maximum Gasteiger partial charge on any atom is 0.329 e. The molecule has 0 aliphatic carbocycles. The summed E-state index contributed by atoms with van der Waals surface area (Å²) in [5, 5.41) is 0. The van der Waals surface area contributed by atoms with Gasteiger partial charge < -0.3 is 9.47 Å². The third kappa shape index (κ3) is 4.59. The van der Waals surface area contributed by atoms with Crippen LogP contribution in [0, 0.1) is 5.92 Å². The summed E-state index contributed by atoms with van der Waals surface area (Å²) in [6.07, 6.45) is 4.69. The lowest BCUT2D eigenvalue weighted by Crippen LogP contribution is -2.46. The molecule has 0 aromatic rings. The minimum absolute atomic E-state index is 0.605. The van der Waals surface area contributed by atoms with Crippen molar-refractivity contribution >= 4 is 40.7 Å². The Labute approximate surface area is 131 Å². The van der Waals surface area contributed by atoms with E-state index in [1.54, 1.807) is 16.2 Å². The summed E-state index contributed by atoms with van der Waals surface area (Å²) in [5.41, 5.74) is 1.52. The molecule has 0 amide bonds. The van der Waals surface area contributed by atoms with Crippen molar-refractivity contribution in [1.29, 1.82) is 0 Å². The van der Waals surface area contributed by atoms with E-state index in [0.29, 0.717) is 5.70 Å². The van der Waals surface area contributed by atoms with Crippen LogP contribution in [0.15, 0.2) is 39.1 Å². The number of carbonyl (C=O) groups is 2. The van der Waals surface area contributed by atoms with Crippen molar-refractivity contribution in [3.63, 3.8) is 0 Å². The molecule has 0 unspecified atom stereocenters. The molecule has 1 aliphatic rings. The SMILES string of the molecule is C=C\C(C)=C/C(=C\I)/N=C/C1C(=O)OC(C)(C)OC1=O. The second-order valence-corrected chi connectivity index (χ2v) is 5.25. The fourth-order valence-corrected chi connectivity index (χ4v) is 1.74. The van der Waals surface area contributed by atoms with Gasteiger partial charge >= 0.3 is 11.9 Å². The van der Waals surface area contributed by atoms with Gasteiger partial charge in [-0.2, -0.15) is 0 Å². The number of halogens is 1. The molecule has 0 atom stereocenters. The molecule has 0 N–H and O–H groups in total. The Kier molecular flexibility index (Phi) is 5.67. The Morgan fingerprint density at radius 3 is 2.35 bits per heavy atom. The Morgan fingerprint density at radius 1 is 1.35 bits per heavy atom. The number of aliphatic imine (C=N–C) groups is 1. The van der Waals surface area contributed by atoms with Crippen molar-refractivity contribution < 1.29 is 19.1 Å². The largest absolute Gasteiger partial charge is 0.422 e. The summed E-state index contributed by atoms with van der Waals surface area (Å²) < 4.78 is 11.7. The molecule has 0 bridgehead atoms. The van der Waals surface area contributed by atoms with Crippen LogP contribution in [0.1, 0.15) is 20.8 Å². The monoisotopic (exact) mass is 389 g/mol. The average molecular weight is 389 g/mol. The van der Waals surface area contributed by atoms with Gasteiger partial charge in [0.15, 0.2) is 5.92 Å².